The number of aliphatic hydroxyl groups excluding tert-OH is 1. The van der Waals surface area contributed by atoms with Crippen molar-refractivity contribution in [1.82, 2.24) is 4.58 Å². The predicted octanol–water partition coefficient (Wildman–Crippen LogP) is 3.03. The van der Waals surface area contributed by atoms with Crippen LogP contribution in [0.1, 0.15) is 63.8 Å². The van der Waals surface area contributed by atoms with E-state index in [9.17, 15) is 38.9 Å². The van der Waals surface area contributed by atoms with Gasteiger partial charge in [-0.15, -0.1) is 0 Å². The maximum Gasteiger partial charge on any atom is 0.203 e. The van der Waals surface area contributed by atoms with E-state index in [-0.39, 0.29) is 65.6 Å². The molecule has 0 saturated heterocycles. The number of hydrogen-bond donors (Lipinski definition) is 1. The zero-order valence-electron chi connectivity index (χ0n) is 41.3. The van der Waals surface area contributed by atoms with E-state index in [0.717, 1.165) is 11.1 Å². The van der Waals surface area contributed by atoms with E-state index in [2.05, 4.69) is 0 Å². The van der Waals surface area contributed by atoms with Crippen molar-refractivity contribution in [3.8, 4) is 11.3 Å². The Kier molecular flexibility index (Phi) is 24.2. The molecule has 0 amide bonds. The molecule has 4 rings (SSSR count). The molecule has 2 aliphatic heterocycles. The van der Waals surface area contributed by atoms with Gasteiger partial charge in [-0.3, -0.25) is 0 Å². The fourth-order valence-electron chi connectivity index (χ4n) is 7.78. The highest BCUT2D eigenvalue weighted by atomic mass is 32.2. The molecule has 0 fully saturated rings. The van der Waals surface area contributed by atoms with Crippen molar-refractivity contribution in [2.45, 2.75) is 62.7 Å². The van der Waals surface area contributed by atoms with E-state index < -0.39 is 57.6 Å². The van der Waals surface area contributed by atoms with E-state index in [4.69, 9.17) is 42.7 Å². The van der Waals surface area contributed by atoms with Crippen molar-refractivity contribution in [2.75, 3.05) is 136 Å². The third-order valence-electron chi connectivity index (χ3n) is 11.4. The highest BCUT2D eigenvalue weighted by molar-refractivity contribution is 7.86. The molecule has 1 unspecified atom stereocenters. The summed E-state index contributed by atoms with van der Waals surface area (Å²) >= 11 is 0. The zero-order valence-corrected chi connectivity index (χ0v) is 43.8. The zero-order chi connectivity index (χ0) is 52.1. The molecule has 1 aromatic carbocycles. The first-order chi connectivity index (χ1) is 33.6. The summed E-state index contributed by atoms with van der Waals surface area (Å²) in [6.45, 7) is 12.7. The molecule has 3 aliphatic rings. The molecule has 0 radical (unpaired) electrons. The number of hydrogen-bond acceptors (Lipinski definition) is 19. The van der Waals surface area contributed by atoms with Crippen LogP contribution >= 0.6 is 0 Å². The Morgan fingerprint density at radius 1 is 0.718 bits per heavy atom. The molecule has 400 valence electrons. The summed E-state index contributed by atoms with van der Waals surface area (Å²) in [6.07, 6.45) is 5.87. The van der Waals surface area contributed by atoms with Gasteiger partial charge in [-0.2, -0.15) is 0 Å². The quantitative estimate of drug-likeness (QED) is 0.0511. The standard InChI is InChI=1S/C48H72N2O18S3/c1-47(2,3)46-35-38(41-13-11-39(36-44(41)68-46)49(16-7-33-69(52,53)54)18-21-63-26-29-67-32-31-65-24-23-61-5)9-6-10-45-48(4,15-20-62-25-28-66-30-27-64-22-19-51)42-37-40(71(58,59)60)12-14-43(42)50(45)17-8-34-70(55,56)57/h6,9-14,35-37,51H,7-8,15-34H2,1-5H3,(H2-,52,53,54,55,56,57,58,59,60)/p-2. The normalized spacial score (nSPS) is 16.7. The molecule has 0 saturated carbocycles. The van der Waals surface area contributed by atoms with E-state index >= 15 is 0 Å². The van der Waals surface area contributed by atoms with Gasteiger partial charge in [-0.25, -0.2) is 29.8 Å². The van der Waals surface area contributed by atoms with Gasteiger partial charge in [-0.05, 0) is 67.3 Å². The van der Waals surface area contributed by atoms with Crippen molar-refractivity contribution in [1.29, 1.82) is 0 Å². The molecule has 1 atom stereocenters. The van der Waals surface area contributed by atoms with E-state index in [1.165, 1.54) is 18.2 Å². The number of aliphatic hydroxyl groups is 1. The number of nitrogens with zero attached hydrogens (tertiary/aromatic N) is 2. The van der Waals surface area contributed by atoms with Crippen LogP contribution in [0.2, 0.25) is 0 Å². The van der Waals surface area contributed by atoms with Crippen molar-refractivity contribution in [3.63, 3.8) is 0 Å². The Labute approximate surface area is 418 Å². The van der Waals surface area contributed by atoms with E-state index in [0.29, 0.717) is 99.6 Å². The molecule has 71 heavy (non-hydrogen) atoms. The van der Waals surface area contributed by atoms with Crippen molar-refractivity contribution < 1.29 is 81.6 Å². The lowest BCUT2D eigenvalue weighted by Gasteiger charge is -2.30. The first-order valence-electron chi connectivity index (χ1n) is 23.4. The largest absolute Gasteiger partial charge is 0.748 e. The van der Waals surface area contributed by atoms with Gasteiger partial charge in [0.15, 0.2) is 6.54 Å². The molecule has 2 heterocycles. The lowest BCUT2D eigenvalue weighted by Crippen LogP contribution is -2.35. The minimum atomic E-state index is -4.87. The summed E-state index contributed by atoms with van der Waals surface area (Å²) in [4.78, 5) is 1.40. The maximum atomic E-state index is 12.3. The van der Waals surface area contributed by atoms with Crippen molar-refractivity contribution in [2.24, 2.45) is 0 Å². The fraction of sp³-hybridized carbons (Fsp3) is 0.604. The fourth-order valence-corrected chi connectivity index (χ4v) is 9.24. The number of benzene rings is 2. The molecule has 1 aliphatic carbocycles. The van der Waals surface area contributed by atoms with Gasteiger partial charge < -0.3 is 61.2 Å². The van der Waals surface area contributed by atoms with Gasteiger partial charge in [-0.1, -0.05) is 32.9 Å². The highest BCUT2D eigenvalue weighted by Crippen LogP contribution is 2.51. The lowest BCUT2D eigenvalue weighted by atomic mass is 9.78. The Morgan fingerprint density at radius 2 is 1.30 bits per heavy atom. The molecule has 1 aromatic rings. The van der Waals surface area contributed by atoms with Gasteiger partial charge in [0.2, 0.25) is 5.36 Å². The average Bonchev–Trinajstić information content (AvgIpc) is 3.52. The summed E-state index contributed by atoms with van der Waals surface area (Å²) in [5, 5.41) is 9.59. The second-order valence-corrected chi connectivity index (χ2v) is 22.3. The highest BCUT2D eigenvalue weighted by Gasteiger charge is 2.43. The van der Waals surface area contributed by atoms with E-state index in [1.54, 1.807) is 7.11 Å². The van der Waals surface area contributed by atoms with Crippen LogP contribution < -0.4 is 14.8 Å². The molecular formula is C48H70N2O18S3-2. The average molecular weight is 1060 g/mol. The topological polar surface area (TPSA) is 276 Å². The molecule has 20 nitrogen and oxygen atoms in total. The van der Waals surface area contributed by atoms with Crippen LogP contribution in [-0.2, 0) is 74.3 Å². The summed E-state index contributed by atoms with van der Waals surface area (Å²) in [7, 11) is -12.3. The molecule has 0 spiro atoms. The van der Waals surface area contributed by atoms with Crippen molar-refractivity contribution >= 4 is 42.1 Å². The Balaban J connectivity index is 1.72. The molecule has 0 aromatic heterocycles. The van der Waals surface area contributed by atoms with Gasteiger partial charge in [0.25, 0.3) is 0 Å². The Bertz CT molecular complexity index is 2570. The number of anilines is 1. The van der Waals surface area contributed by atoms with Gasteiger partial charge in [0.05, 0.1) is 110 Å². The molecular weight excluding hydrogens is 989 g/mol. The van der Waals surface area contributed by atoms with Gasteiger partial charge in [0, 0.05) is 72.0 Å². The SMILES string of the molecule is COCCOCCOCCOCC[N+](CCCS(=O)(=O)[O-])=c1ccc2c(/C=C/C=C3\N(CCCS(=O)(=O)[O-])c4ccc(S(=O)(=O)[O-])cc4C3(C)CCOCCOCCOCCO)cc(C(C)(C)C)oc-2c1. The van der Waals surface area contributed by atoms with Crippen LogP contribution in [-0.4, -0.2) is 175 Å². The second kappa shape index (κ2) is 28.7. The molecule has 23 heteroatoms. The number of ether oxygens (including phenoxy) is 7. The van der Waals surface area contributed by atoms with Crippen LogP contribution in [0.3, 0.4) is 0 Å². The second-order valence-electron chi connectivity index (χ2n) is 17.9. The first kappa shape index (κ1) is 59.9. The van der Waals surface area contributed by atoms with E-state index in [1.807, 2.05) is 79.7 Å². The summed E-state index contributed by atoms with van der Waals surface area (Å²) in [5.41, 5.74) is 1.73. The minimum absolute atomic E-state index is 0.0436. The molecule has 0 bridgehead atoms. The van der Waals surface area contributed by atoms with Crippen LogP contribution in [0.25, 0.3) is 17.4 Å². The summed E-state index contributed by atoms with van der Waals surface area (Å²) in [6, 6.07) is 11.6. The Morgan fingerprint density at radius 3 is 1.87 bits per heavy atom. The smallest absolute Gasteiger partial charge is 0.203 e. The van der Waals surface area contributed by atoms with Crippen molar-refractivity contribution in [3.05, 3.63) is 82.6 Å². The summed E-state index contributed by atoms with van der Waals surface area (Å²) in [5.74, 6) is -0.00471. The van der Waals surface area contributed by atoms with Crippen LogP contribution in [0, 0.1) is 0 Å². The Hall–Kier alpha value is -3.66. The number of fused-ring (bicyclic) bond motifs is 2. The third kappa shape index (κ3) is 20.3. The number of rotatable bonds is 34. The van der Waals surface area contributed by atoms with Gasteiger partial charge in [0.1, 0.15) is 34.8 Å². The first-order valence-corrected chi connectivity index (χ1v) is 28.0. The lowest BCUT2D eigenvalue weighted by molar-refractivity contribution is 0.00371. The van der Waals surface area contributed by atoms with Crippen LogP contribution in [0.15, 0.2) is 69.6 Å². The maximum absolute atomic E-state index is 12.3. The predicted molar refractivity (Wildman–Crippen MR) is 262 cm³/mol. The van der Waals surface area contributed by atoms with Gasteiger partial charge >= 0.3 is 0 Å². The monoisotopic (exact) mass is 1060 g/mol. The van der Waals surface area contributed by atoms with Crippen LogP contribution in [0.4, 0.5) is 5.69 Å². The van der Waals surface area contributed by atoms with Crippen LogP contribution in [0.5, 0.6) is 0 Å². The number of allylic oxidation sites excluding steroid dienone is 3. The minimum Gasteiger partial charge on any atom is -0.748 e. The summed E-state index contributed by atoms with van der Waals surface area (Å²) < 4.78 is 154. The molecule has 1 N–H and O–H groups in total. The number of methoxy groups -OCH3 is 1. The third-order valence-corrected chi connectivity index (χ3v) is 13.8.